The number of nitrogens with zero attached hydrogens (tertiary/aromatic N) is 2. The van der Waals surface area contributed by atoms with Crippen molar-refractivity contribution in [1.82, 2.24) is 15.1 Å². The average molecular weight is 213 g/mol. The monoisotopic (exact) mass is 213 g/mol. The van der Waals surface area contributed by atoms with Gasteiger partial charge in [-0.05, 0) is 59.5 Å². The van der Waals surface area contributed by atoms with Crippen molar-refractivity contribution in [2.45, 2.75) is 25.7 Å². The van der Waals surface area contributed by atoms with Gasteiger partial charge in [-0.1, -0.05) is 6.42 Å². The van der Waals surface area contributed by atoms with E-state index in [9.17, 15) is 0 Å². The zero-order valence-corrected chi connectivity index (χ0v) is 10.5. The lowest BCUT2D eigenvalue weighted by Gasteiger charge is -2.26. The first-order valence-corrected chi connectivity index (χ1v) is 6.37. The molecule has 0 aromatic heterocycles. The number of hydrogen-bond donors (Lipinski definition) is 1. The minimum Gasteiger partial charge on any atom is -0.315 e. The van der Waals surface area contributed by atoms with E-state index in [1.807, 2.05) is 0 Å². The molecule has 3 heteroatoms. The summed E-state index contributed by atoms with van der Waals surface area (Å²) in [6.45, 7) is 7.39. The largest absolute Gasteiger partial charge is 0.315 e. The molecule has 1 rings (SSSR count). The lowest BCUT2D eigenvalue weighted by molar-refractivity contribution is 0.229. The SMILES string of the molecule is CN(C)CCCNCCN1CCCCC1. The second-order valence-corrected chi connectivity index (χ2v) is 4.81. The summed E-state index contributed by atoms with van der Waals surface area (Å²) in [5.74, 6) is 0. The molecule has 0 saturated carbocycles. The maximum atomic E-state index is 3.52. The summed E-state index contributed by atoms with van der Waals surface area (Å²) in [6.07, 6.45) is 5.50. The van der Waals surface area contributed by atoms with Crippen LogP contribution < -0.4 is 5.32 Å². The van der Waals surface area contributed by atoms with Crippen LogP contribution in [0.5, 0.6) is 0 Å². The molecule has 1 fully saturated rings. The second kappa shape index (κ2) is 8.08. The molecule has 1 aliphatic rings. The molecule has 15 heavy (non-hydrogen) atoms. The maximum absolute atomic E-state index is 3.52. The third kappa shape index (κ3) is 6.88. The summed E-state index contributed by atoms with van der Waals surface area (Å²) in [5, 5.41) is 3.52. The Morgan fingerprint density at radius 3 is 2.47 bits per heavy atom. The van der Waals surface area contributed by atoms with Crippen LogP contribution in [0.25, 0.3) is 0 Å². The molecule has 90 valence electrons. The lowest BCUT2D eigenvalue weighted by Crippen LogP contribution is -2.36. The molecule has 0 aromatic rings. The average Bonchev–Trinajstić information content (AvgIpc) is 2.24. The molecule has 1 N–H and O–H groups in total. The van der Waals surface area contributed by atoms with E-state index in [1.54, 1.807) is 0 Å². The van der Waals surface area contributed by atoms with Gasteiger partial charge in [0, 0.05) is 13.1 Å². The van der Waals surface area contributed by atoms with E-state index in [0.29, 0.717) is 0 Å². The van der Waals surface area contributed by atoms with Crippen LogP contribution in [0.3, 0.4) is 0 Å². The number of hydrogen-bond acceptors (Lipinski definition) is 3. The Hall–Kier alpha value is -0.120. The van der Waals surface area contributed by atoms with Crippen molar-refractivity contribution in [3.8, 4) is 0 Å². The van der Waals surface area contributed by atoms with Gasteiger partial charge in [-0.2, -0.15) is 0 Å². The van der Waals surface area contributed by atoms with Crippen molar-refractivity contribution in [3.05, 3.63) is 0 Å². The Balaban J connectivity index is 1.83. The number of nitrogens with one attached hydrogen (secondary N) is 1. The smallest absolute Gasteiger partial charge is 0.0107 e. The van der Waals surface area contributed by atoms with Gasteiger partial charge >= 0.3 is 0 Å². The van der Waals surface area contributed by atoms with E-state index >= 15 is 0 Å². The van der Waals surface area contributed by atoms with Gasteiger partial charge in [-0.3, -0.25) is 0 Å². The van der Waals surface area contributed by atoms with Crippen molar-refractivity contribution >= 4 is 0 Å². The van der Waals surface area contributed by atoms with Gasteiger partial charge in [0.2, 0.25) is 0 Å². The highest BCUT2D eigenvalue weighted by atomic mass is 15.1. The first-order valence-electron chi connectivity index (χ1n) is 6.37. The Bertz CT molecular complexity index is 142. The van der Waals surface area contributed by atoms with Crippen LogP contribution in [-0.4, -0.2) is 63.2 Å². The van der Waals surface area contributed by atoms with Crippen LogP contribution in [0.4, 0.5) is 0 Å². The highest BCUT2D eigenvalue weighted by molar-refractivity contribution is 4.65. The zero-order chi connectivity index (χ0) is 10.9. The van der Waals surface area contributed by atoms with E-state index in [1.165, 1.54) is 51.9 Å². The molecule has 0 spiro atoms. The van der Waals surface area contributed by atoms with Crippen LogP contribution in [-0.2, 0) is 0 Å². The predicted octanol–water partition coefficient (Wildman–Crippen LogP) is 1.01. The minimum atomic E-state index is 1.16. The van der Waals surface area contributed by atoms with Crippen molar-refractivity contribution in [2.24, 2.45) is 0 Å². The molecule has 0 atom stereocenters. The van der Waals surface area contributed by atoms with Crippen LogP contribution in [0.2, 0.25) is 0 Å². The first kappa shape index (κ1) is 12.9. The predicted molar refractivity (Wildman–Crippen MR) is 66.3 cm³/mol. The lowest BCUT2D eigenvalue weighted by atomic mass is 10.1. The molecule has 1 aliphatic heterocycles. The summed E-state index contributed by atoms with van der Waals surface area (Å²) in [6, 6.07) is 0. The molecule has 0 aromatic carbocycles. The molecule has 1 saturated heterocycles. The summed E-state index contributed by atoms with van der Waals surface area (Å²) >= 11 is 0. The Morgan fingerprint density at radius 1 is 1.07 bits per heavy atom. The molecule has 0 bridgehead atoms. The molecule has 0 unspecified atom stereocenters. The maximum Gasteiger partial charge on any atom is 0.0107 e. The van der Waals surface area contributed by atoms with Crippen LogP contribution in [0.1, 0.15) is 25.7 Å². The Labute approximate surface area is 94.8 Å². The van der Waals surface area contributed by atoms with E-state index in [4.69, 9.17) is 0 Å². The molecule has 3 nitrogen and oxygen atoms in total. The van der Waals surface area contributed by atoms with Gasteiger partial charge in [-0.25, -0.2) is 0 Å². The van der Waals surface area contributed by atoms with Crippen LogP contribution in [0.15, 0.2) is 0 Å². The van der Waals surface area contributed by atoms with Gasteiger partial charge in [0.25, 0.3) is 0 Å². The highest BCUT2D eigenvalue weighted by Gasteiger charge is 2.08. The number of piperidine rings is 1. The topological polar surface area (TPSA) is 18.5 Å². The summed E-state index contributed by atoms with van der Waals surface area (Å²) in [5.41, 5.74) is 0. The van der Waals surface area contributed by atoms with Crippen molar-refractivity contribution in [2.75, 3.05) is 53.4 Å². The number of rotatable bonds is 7. The van der Waals surface area contributed by atoms with Crippen molar-refractivity contribution < 1.29 is 0 Å². The van der Waals surface area contributed by atoms with Crippen LogP contribution in [0, 0.1) is 0 Å². The molecule has 0 aliphatic carbocycles. The fourth-order valence-electron chi connectivity index (χ4n) is 2.07. The minimum absolute atomic E-state index is 1.16. The van der Waals surface area contributed by atoms with E-state index in [0.717, 1.165) is 13.1 Å². The van der Waals surface area contributed by atoms with E-state index in [2.05, 4.69) is 29.2 Å². The fourth-order valence-corrected chi connectivity index (χ4v) is 2.07. The summed E-state index contributed by atoms with van der Waals surface area (Å²) < 4.78 is 0. The van der Waals surface area contributed by atoms with Gasteiger partial charge in [0.1, 0.15) is 0 Å². The summed E-state index contributed by atoms with van der Waals surface area (Å²) in [4.78, 5) is 4.83. The quantitative estimate of drug-likeness (QED) is 0.637. The van der Waals surface area contributed by atoms with Gasteiger partial charge in [0.05, 0.1) is 0 Å². The summed E-state index contributed by atoms with van der Waals surface area (Å²) in [7, 11) is 4.27. The molecule has 0 radical (unpaired) electrons. The molecule has 1 heterocycles. The highest BCUT2D eigenvalue weighted by Crippen LogP contribution is 2.07. The van der Waals surface area contributed by atoms with Gasteiger partial charge in [-0.15, -0.1) is 0 Å². The molecular formula is C12H27N3. The Morgan fingerprint density at radius 2 is 1.80 bits per heavy atom. The third-order valence-electron chi connectivity index (χ3n) is 3.01. The zero-order valence-electron chi connectivity index (χ0n) is 10.5. The molecular weight excluding hydrogens is 186 g/mol. The number of likely N-dealkylation sites (tertiary alicyclic amines) is 1. The Kier molecular flexibility index (Phi) is 6.98. The fraction of sp³-hybridized carbons (Fsp3) is 1.00. The first-order chi connectivity index (χ1) is 7.29. The molecule has 0 amide bonds. The van der Waals surface area contributed by atoms with Crippen molar-refractivity contribution in [1.29, 1.82) is 0 Å². The normalized spacial score (nSPS) is 18.6. The van der Waals surface area contributed by atoms with Gasteiger partial charge in [0.15, 0.2) is 0 Å². The van der Waals surface area contributed by atoms with E-state index in [-0.39, 0.29) is 0 Å². The van der Waals surface area contributed by atoms with Crippen molar-refractivity contribution in [3.63, 3.8) is 0 Å². The second-order valence-electron chi connectivity index (χ2n) is 4.81. The van der Waals surface area contributed by atoms with Gasteiger partial charge < -0.3 is 15.1 Å². The third-order valence-corrected chi connectivity index (χ3v) is 3.01. The van der Waals surface area contributed by atoms with E-state index < -0.39 is 0 Å². The van der Waals surface area contributed by atoms with Crippen LogP contribution >= 0.6 is 0 Å². The standard InChI is InChI=1S/C12H27N3/c1-14(2)9-6-7-13-8-12-15-10-4-3-5-11-15/h13H,3-12H2,1-2H3.